The highest BCUT2D eigenvalue weighted by Gasteiger charge is 2.10. The molecule has 2 aromatic rings. The molecule has 0 atom stereocenters. The standard InChI is InChI=1S/C15H12ClFO4/c1-20-14-5-2-9(6-13(14)17)8-21-10-3-4-12(16)11(7-10)15(18)19/h2-7H,8H2,1H3,(H,18,19). The normalized spacial score (nSPS) is 10.2. The second-order valence-corrected chi connectivity index (χ2v) is 4.61. The zero-order chi connectivity index (χ0) is 15.4. The van der Waals surface area contributed by atoms with Crippen LogP contribution in [0.4, 0.5) is 4.39 Å². The molecule has 0 aliphatic rings. The summed E-state index contributed by atoms with van der Waals surface area (Å²) < 4.78 is 23.8. The first-order valence-electron chi connectivity index (χ1n) is 5.99. The van der Waals surface area contributed by atoms with Crippen molar-refractivity contribution in [3.05, 3.63) is 58.4 Å². The van der Waals surface area contributed by atoms with E-state index in [1.807, 2.05) is 0 Å². The van der Waals surface area contributed by atoms with Crippen LogP contribution in [0.5, 0.6) is 11.5 Å². The molecule has 0 aliphatic heterocycles. The Bertz CT molecular complexity index is 673. The van der Waals surface area contributed by atoms with Crippen LogP contribution in [0.1, 0.15) is 15.9 Å². The predicted octanol–water partition coefficient (Wildman–Crippen LogP) is 3.76. The molecule has 21 heavy (non-hydrogen) atoms. The zero-order valence-electron chi connectivity index (χ0n) is 11.1. The number of carbonyl (C=O) groups is 1. The highest BCUT2D eigenvalue weighted by molar-refractivity contribution is 6.33. The number of hydrogen-bond acceptors (Lipinski definition) is 3. The third-order valence-electron chi connectivity index (χ3n) is 2.79. The van der Waals surface area contributed by atoms with E-state index in [9.17, 15) is 9.18 Å². The molecule has 0 unspecified atom stereocenters. The van der Waals surface area contributed by atoms with Gasteiger partial charge in [-0.1, -0.05) is 17.7 Å². The van der Waals surface area contributed by atoms with E-state index in [1.165, 1.54) is 31.4 Å². The summed E-state index contributed by atoms with van der Waals surface area (Å²) in [4.78, 5) is 11.0. The number of carboxylic acid groups (broad SMARTS) is 1. The number of carboxylic acids is 1. The molecule has 0 saturated carbocycles. The van der Waals surface area contributed by atoms with Crippen molar-refractivity contribution < 1.29 is 23.8 Å². The third-order valence-corrected chi connectivity index (χ3v) is 3.12. The fourth-order valence-corrected chi connectivity index (χ4v) is 1.92. The van der Waals surface area contributed by atoms with Gasteiger partial charge in [0.05, 0.1) is 17.7 Å². The molecule has 0 radical (unpaired) electrons. The summed E-state index contributed by atoms with van der Waals surface area (Å²) in [5, 5.41) is 9.10. The van der Waals surface area contributed by atoms with Crippen molar-refractivity contribution in [1.82, 2.24) is 0 Å². The van der Waals surface area contributed by atoms with Gasteiger partial charge in [0.2, 0.25) is 0 Å². The Kier molecular flexibility index (Phi) is 4.65. The Morgan fingerprint density at radius 1 is 1.29 bits per heavy atom. The third kappa shape index (κ3) is 3.64. The Balaban J connectivity index is 2.11. The molecule has 0 fully saturated rings. The molecule has 2 aromatic carbocycles. The number of ether oxygens (including phenoxy) is 2. The number of rotatable bonds is 5. The van der Waals surface area contributed by atoms with Crippen LogP contribution in [0, 0.1) is 5.82 Å². The van der Waals surface area contributed by atoms with Gasteiger partial charge in [-0.2, -0.15) is 0 Å². The first-order chi connectivity index (χ1) is 10.0. The van der Waals surface area contributed by atoms with E-state index in [-0.39, 0.29) is 22.9 Å². The smallest absolute Gasteiger partial charge is 0.337 e. The maximum Gasteiger partial charge on any atom is 0.337 e. The summed E-state index contributed by atoms with van der Waals surface area (Å²) in [6, 6.07) is 8.77. The lowest BCUT2D eigenvalue weighted by molar-refractivity contribution is 0.0696. The summed E-state index contributed by atoms with van der Waals surface area (Å²) in [6.45, 7) is 0.0988. The second-order valence-electron chi connectivity index (χ2n) is 4.20. The Morgan fingerprint density at radius 2 is 2.05 bits per heavy atom. The lowest BCUT2D eigenvalue weighted by atomic mass is 10.2. The van der Waals surface area contributed by atoms with Gasteiger partial charge in [0.25, 0.3) is 0 Å². The van der Waals surface area contributed by atoms with Gasteiger partial charge >= 0.3 is 5.97 Å². The van der Waals surface area contributed by atoms with E-state index >= 15 is 0 Å². The average molecular weight is 311 g/mol. The van der Waals surface area contributed by atoms with Crippen LogP contribution in [0.25, 0.3) is 0 Å². The monoisotopic (exact) mass is 310 g/mol. The van der Waals surface area contributed by atoms with Gasteiger partial charge in [-0.3, -0.25) is 0 Å². The minimum Gasteiger partial charge on any atom is -0.494 e. The van der Waals surface area contributed by atoms with Crippen molar-refractivity contribution >= 4 is 17.6 Å². The first kappa shape index (κ1) is 15.1. The van der Waals surface area contributed by atoms with Crippen LogP contribution >= 0.6 is 11.6 Å². The fourth-order valence-electron chi connectivity index (χ4n) is 1.72. The van der Waals surface area contributed by atoms with Crippen molar-refractivity contribution in [2.45, 2.75) is 6.61 Å². The van der Waals surface area contributed by atoms with Gasteiger partial charge in [0.15, 0.2) is 11.6 Å². The van der Waals surface area contributed by atoms with Crippen LogP contribution in [0.2, 0.25) is 5.02 Å². The SMILES string of the molecule is COc1ccc(COc2ccc(Cl)c(C(=O)O)c2)cc1F. The maximum atomic E-state index is 13.5. The highest BCUT2D eigenvalue weighted by Crippen LogP contribution is 2.24. The number of methoxy groups -OCH3 is 1. The van der Waals surface area contributed by atoms with E-state index in [1.54, 1.807) is 12.1 Å². The van der Waals surface area contributed by atoms with Crippen LogP contribution < -0.4 is 9.47 Å². The number of hydrogen-bond donors (Lipinski definition) is 1. The molecule has 1 N–H and O–H groups in total. The summed E-state index contributed by atoms with van der Waals surface area (Å²) >= 11 is 5.76. The van der Waals surface area contributed by atoms with Crippen molar-refractivity contribution in [2.75, 3.05) is 7.11 Å². The molecule has 0 saturated heterocycles. The molecule has 0 heterocycles. The molecule has 2 rings (SSSR count). The van der Waals surface area contributed by atoms with Crippen LogP contribution in [0.15, 0.2) is 36.4 Å². The topological polar surface area (TPSA) is 55.8 Å². The first-order valence-corrected chi connectivity index (χ1v) is 6.37. The fraction of sp³-hybridized carbons (Fsp3) is 0.133. The number of aromatic carboxylic acids is 1. The molecular weight excluding hydrogens is 299 g/mol. The van der Waals surface area contributed by atoms with Gasteiger partial charge < -0.3 is 14.6 Å². The van der Waals surface area contributed by atoms with Crippen molar-refractivity contribution in [3.63, 3.8) is 0 Å². The van der Waals surface area contributed by atoms with E-state index in [0.29, 0.717) is 11.3 Å². The van der Waals surface area contributed by atoms with Gasteiger partial charge in [0.1, 0.15) is 12.4 Å². The van der Waals surface area contributed by atoms with Gasteiger partial charge in [-0.15, -0.1) is 0 Å². The van der Waals surface area contributed by atoms with E-state index in [4.69, 9.17) is 26.2 Å². The van der Waals surface area contributed by atoms with Crippen molar-refractivity contribution in [2.24, 2.45) is 0 Å². The summed E-state index contributed by atoms with van der Waals surface area (Å²) in [6.07, 6.45) is 0. The largest absolute Gasteiger partial charge is 0.494 e. The van der Waals surface area contributed by atoms with Crippen LogP contribution in [-0.2, 0) is 6.61 Å². The Morgan fingerprint density at radius 3 is 2.67 bits per heavy atom. The quantitative estimate of drug-likeness (QED) is 0.913. The minimum atomic E-state index is -1.14. The minimum absolute atomic E-state index is 0.0462. The van der Waals surface area contributed by atoms with E-state index < -0.39 is 11.8 Å². The summed E-state index contributed by atoms with van der Waals surface area (Å²) in [5.41, 5.74) is 0.551. The number of benzene rings is 2. The molecule has 0 aliphatic carbocycles. The molecule has 4 nitrogen and oxygen atoms in total. The molecule has 0 bridgehead atoms. The zero-order valence-corrected chi connectivity index (χ0v) is 11.9. The van der Waals surface area contributed by atoms with Crippen molar-refractivity contribution in [1.29, 1.82) is 0 Å². The van der Waals surface area contributed by atoms with E-state index in [0.717, 1.165) is 0 Å². The Hall–Kier alpha value is -2.27. The summed E-state index contributed by atoms with van der Waals surface area (Å²) in [5.74, 6) is -1.13. The second kappa shape index (κ2) is 6.45. The molecule has 0 spiro atoms. The molecular formula is C15H12ClFO4. The molecule has 6 heteroatoms. The maximum absolute atomic E-state index is 13.5. The van der Waals surface area contributed by atoms with Gasteiger partial charge in [0, 0.05) is 0 Å². The Labute approximate surface area is 125 Å². The summed E-state index contributed by atoms with van der Waals surface area (Å²) in [7, 11) is 1.38. The van der Waals surface area contributed by atoms with Gasteiger partial charge in [-0.25, -0.2) is 9.18 Å². The van der Waals surface area contributed by atoms with Crippen molar-refractivity contribution in [3.8, 4) is 11.5 Å². The average Bonchev–Trinajstić information content (AvgIpc) is 2.46. The number of halogens is 2. The highest BCUT2D eigenvalue weighted by atomic mass is 35.5. The lowest BCUT2D eigenvalue weighted by Crippen LogP contribution is -2.01. The van der Waals surface area contributed by atoms with Crippen LogP contribution in [0.3, 0.4) is 0 Å². The predicted molar refractivity (Wildman–Crippen MR) is 75.7 cm³/mol. The molecule has 0 aromatic heterocycles. The van der Waals surface area contributed by atoms with Crippen LogP contribution in [-0.4, -0.2) is 18.2 Å². The molecule has 0 amide bonds. The lowest BCUT2D eigenvalue weighted by Gasteiger charge is -2.09. The van der Waals surface area contributed by atoms with Gasteiger partial charge in [-0.05, 0) is 35.9 Å². The van der Waals surface area contributed by atoms with E-state index in [2.05, 4.69) is 0 Å². The molecule has 110 valence electrons.